The molecule has 0 saturated heterocycles. The second-order valence-electron chi connectivity index (χ2n) is 3.42. The van der Waals surface area contributed by atoms with Crippen LogP contribution in [0, 0.1) is 23.0 Å². The number of halogens is 3. The van der Waals surface area contributed by atoms with E-state index in [9.17, 15) is 8.78 Å². The van der Waals surface area contributed by atoms with Crippen LogP contribution in [0.5, 0.6) is 0 Å². The second kappa shape index (κ2) is 5.10. The van der Waals surface area contributed by atoms with Gasteiger partial charge < -0.3 is 5.32 Å². The van der Waals surface area contributed by atoms with Crippen molar-refractivity contribution in [2.45, 2.75) is 0 Å². The summed E-state index contributed by atoms with van der Waals surface area (Å²) in [5.74, 6) is -1.33. The van der Waals surface area contributed by atoms with E-state index in [0.29, 0.717) is 4.47 Å². The van der Waals surface area contributed by atoms with Crippen LogP contribution in [0.4, 0.5) is 20.3 Å². The standard InChI is InChI=1S/C12H6BrF2N3/c13-8-4-10(15)12(17-6-8)18-11-2-1-7(5-16)3-9(11)14/h1-4,6H,(H,17,18). The summed E-state index contributed by atoms with van der Waals surface area (Å²) in [7, 11) is 0. The highest BCUT2D eigenvalue weighted by Gasteiger charge is 2.08. The van der Waals surface area contributed by atoms with E-state index < -0.39 is 11.6 Å². The predicted molar refractivity (Wildman–Crippen MR) is 66.3 cm³/mol. The molecule has 0 atom stereocenters. The van der Waals surface area contributed by atoms with Crippen molar-refractivity contribution in [1.29, 1.82) is 5.26 Å². The third kappa shape index (κ3) is 2.63. The molecule has 0 bridgehead atoms. The van der Waals surface area contributed by atoms with Gasteiger partial charge in [-0.25, -0.2) is 13.8 Å². The highest BCUT2D eigenvalue weighted by molar-refractivity contribution is 9.10. The number of aromatic nitrogens is 1. The van der Waals surface area contributed by atoms with Gasteiger partial charge in [0.05, 0.1) is 17.3 Å². The van der Waals surface area contributed by atoms with E-state index in [2.05, 4.69) is 26.2 Å². The highest BCUT2D eigenvalue weighted by atomic mass is 79.9. The minimum atomic E-state index is -0.641. The molecule has 0 spiro atoms. The molecule has 0 radical (unpaired) electrons. The van der Waals surface area contributed by atoms with Crippen molar-refractivity contribution < 1.29 is 8.78 Å². The molecule has 0 aliphatic rings. The fourth-order valence-corrected chi connectivity index (χ4v) is 1.62. The molecule has 3 nitrogen and oxygen atoms in total. The SMILES string of the molecule is N#Cc1ccc(Nc2ncc(Br)cc2F)c(F)c1. The Kier molecular flexibility index (Phi) is 3.53. The summed E-state index contributed by atoms with van der Waals surface area (Å²) >= 11 is 3.07. The quantitative estimate of drug-likeness (QED) is 0.919. The molecule has 1 heterocycles. The van der Waals surface area contributed by atoms with Gasteiger partial charge in [0.1, 0.15) is 5.82 Å². The fraction of sp³-hybridized carbons (Fsp3) is 0. The average Bonchev–Trinajstić information content (AvgIpc) is 2.34. The predicted octanol–water partition coefficient (Wildman–Crippen LogP) is 3.74. The Labute approximate surface area is 110 Å². The Balaban J connectivity index is 2.32. The molecule has 1 aromatic carbocycles. The molecular weight excluding hydrogens is 304 g/mol. The number of hydrogen-bond acceptors (Lipinski definition) is 3. The summed E-state index contributed by atoms with van der Waals surface area (Å²) in [5.41, 5.74) is 0.255. The van der Waals surface area contributed by atoms with Crippen molar-refractivity contribution in [3.63, 3.8) is 0 Å². The zero-order valence-corrected chi connectivity index (χ0v) is 10.5. The summed E-state index contributed by atoms with van der Waals surface area (Å²) in [4.78, 5) is 3.79. The van der Waals surface area contributed by atoms with Crippen LogP contribution in [0.25, 0.3) is 0 Å². The van der Waals surface area contributed by atoms with E-state index in [1.165, 1.54) is 24.4 Å². The van der Waals surface area contributed by atoms with Gasteiger partial charge in [0.15, 0.2) is 11.6 Å². The lowest BCUT2D eigenvalue weighted by atomic mass is 10.2. The van der Waals surface area contributed by atoms with Crippen LogP contribution >= 0.6 is 15.9 Å². The van der Waals surface area contributed by atoms with Crippen molar-refractivity contribution in [3.8, 4) is 6.07 Å². The Morgan fingerprint density at radius 2 is 2.00 bits per heavy atom. The number of nitrogens with one attached hydrogen (secondary N) is 1. The van der Waals surface area contributed by atoms with Crippen LogP contribution < -0.4 is 5.32 Å². The van der Waals surface area contributed by atoms with Crippen LogP contribution in [0.3, 0.4) is 0 Å². The fourth-order valence-electron chi connectivity index (χ4n) is 1.32. The summed E-state index contributed by atoms with van der Waals surface area (Å²) in [6.07, 6.45) is 1.40. The number of nitriles is 1. The maximum atomic E-state index is 13.6. The van der Waals surface area contributed by atoms with Crippen molar-refractivity contribution in [2.75, 3.05) is 5.32 Å². The molecule has 0 unspecified atom stereocenters. The molecule has 18 heavy (non-hydrogen) atoms. The van der Waals surface area contributed by atoms with Crippen molar-refractivity contribution in [2.24, 2.45) is 0 Å². The highest BCUT2D eigenvalue weighted by Crippen LogP contribution is 2.23. The first-order valence-corrected chi connectivity index (χ1v) is 5.67. The molecule has 1 aromatic heterocycles. The van der Waals surface area contributed by atoms with E-state index in [1.807, 2.05) is 6.07 Å². The lowest BCUT2D eigenvalue weighted by molar-refractivity contribution is 0.620. The van der Waals surface area contributed by atoms with E-state index >= 15 is 0 Å². The Morgan fingerprint density at radius 1 is 1.22 bits per heavy atom. The first kappa shape index (κ1) is 12.5. The zero-order chi connectivity index (χ0) is 13.1. The maximum Gasteiger partial charge on any atom is 0.166 e. The Morgan fingerprint density at radius 3 is 2.61 bits per heavy atom. The van der Waals surface area contributed by atoms with Gasteiger partial charge in [-0.2, -0.15) is 5.26 Å². The molecule has 0 fully saturated rings. The third-order valence-corrected chi connectivity index (χ3v) is 2.59. The number of pyridine rings is 1. The maximum absolute atomic E-state index is 13.6. The van der Waals surface area contributed by atoms with Crippen molar-refractivity contribution in [1.82, 2.24) is 4.98 Å². The molecule has 0 saturated carbocycles. The van der Waals surface area contributed by atoms with Gasteiger partial charge in [0.2, 0.25) is 0 Å². The van der Waals surface area contributed by atoms with Crippen LogP contribution in [0.1, 0.15) is 5.56 Å². The van der Waals surface area contributed by atoms with Crippen molar-refractivity contribution in [3.05, 3.63) is 52.1 Å². The summed E-state index contributed by atoms with van der Waals surface area (Å²) in [6, 6.07) is 6.89. The number of anilines is 2. The van der Waals surface area contributed by atoms with Gasteiger partial charge in [-0.05, 0) is 40.2 Å². The van der Waals surface area contributed by atoms with E-state index in [1.54, 1.807) is 0 Å². The number of nitrogens with zero attached hydrogens (tertiary/aromatic N) is 2. The summed E-state index contributed by atoms with van der Waals surface area (Å²) < 4.78 is 27.5. The molecule has 0 aliphatic carbocycles. The van der Waals surface area contributed by atoms with Crippen molar-refractivity contribution >= 4 is 27.4 Å². The first-order chi connectivity index (χ1) is 8.60. The molecule has 6 heteroatoms. The van der Waals surface area contributed by atoms with Gasteiger partial charge in [-0.1, -0.05) is 0 Å². The minimum absolute atomic E-state index is 0.0581. The number of rotatable bonds is 2. The van der Waals surface area contributed by atoms with Gasteiger partial charge in [-0.3, -0.25) is 0 Å². The Hall–Kier alpha value is -2.00. The van der Waals surface area contributed by atoms with E-state index in [0.717, 1.165) is 6.07 Å². The minimum Gasteiger partial charge on any atom is -0.335 e. The van der Waals surface area contributed by atoms with Gasteiger partial charge >= 0.3 is 0 Å². The van der Waals surface area contributed by atoms with Crippen LogP contribution in [0.2, 0.25) is 0 Å². The molecule has 1 N–H and O–H groups in total. The smallest absolute Gasteiger partial charge is 0.166 e. The van der Waals surface area contributed by atoms with Crippen LogP contribution in [0.15, 0.2) is 34.9 Å². The monoisotopic (exact) mass is 309 g/mol. The second-order valence-corrected chi connectivity index (χ2v) is 4.33. The lowest BCUT2D eigenvalue weighted by Gasteiger charge is -2.07. The van der Waals surface area contributed by atoms with Crippen LogP contribution in [-0.2, 0) is 0 Å². The summed E-state index contributed by atoms with van der Waals surface area (Å²) in [5, 5.41) is 11.1. The average molecular weight is 310 g/mol. The van der Waals surface area contributed by atoms with Gasteiger partial charge in [0, 0.05) is 10.7 Å². The molecule has 0 amide bonds. The van der Waals surface area contributed by atoms with E-state index in [-0.39, 0.29) is 17.1 Å². The lowest BCUT2D eigenvalue weighted by Crippen LogP contribution is -1.99. The molecular formula is C12H6BrF2N3. The van der Waals surface area contributed by atoms with E-state index in [4.69, 9.17) is 5.26 Å². The largest absolute Gasteiger partial charge is 0.335 e. The Bertz CT molecular complexity index is 638. The normalized spacial score (nSPS) is 9.89. The van der Waals surface area contributed by atoms with Gasteiger partial charge in [-0.15, -0.1) is 0 Å². The third-order valence-electron chi connectivity index (χ3n) is 2.16. The number of benzene rings is 1. The summed E-state index contributed by atoms with van der Waals surface area (Å²) in [6.45, 7) is 0. The first-order valence-electron chi connectivity index (χ1n) is 4.88. The van der Waals surface area contributed by atoms with Gasteiger partial charge in [0.25, 0.3) is 0 Å². The molecule has 90 valence electrons. The topological polar surface area (TPSA) is 48.7 Å². The zero-order valence-electron chi connectivity index (χ0n) is 8.92. The molecule has 2 rings (SSSR count). The number of hydrogen-bond donors (Lipinski definition) is 1. The van der Waals surface area contributed by atoms with Crippen LogP contribution in [-0.4, -0.2) is 4.98 Å². The molecule has 0 aliphatic heterocycles. The molecule has 2 aromatic rings.